The zero-order chi connectivity index (χ0) is 92.2. The largest absolute Gasteiger partial charge is 1.00 e. The van der Waals surface area contributed by atoms with E-state index in [1.165, 1.54) is 37.2 Å². The number of rotatable bonds is 43. The van der Waals surface area contributed by atoms with Crippen LogP contribution in [0.2, 0.25) is 0 Å². The minimum absolute atomic E-state index is 0. The molecule has 0 saturated carbocycles. The molecule has 0 bridgehead atoms. The Bertz CT molecular complexity index is 5570. The van der Waals surface area contributed by atoms with E-state index in [9.17, 15) is 42.3 Å². The molecular weight excluding hydrogens is 2450 g/mol. The standard InChI is InChI=1S/C21H30FIN4O4.C20H27FIN3O4.C13H15IN4O.C11H11IN4O.C11H8IN3O3.C9H5IN2O2.HI/c1-2-27(8-10-30-12-14-31-13-11-29-9-5-22)7-6-24-21(28)20-16-25-19-15-17(23)3-4-18(19)26-20;21-6-9-28-11-13-29-12-10-27-8-3-1-2-7-23-20(26)19-15-24-18-14-16(22)4-5-17(18)25-19;1-2-15-5-6-16-13(19)12-8-17-11-7-9(14)3-4-10(11)18-12;12-7-1-2-8-9(5-7)15-6-10(16-8)11(17)14-4-3-13;12-6-1-2-7-8(3-6)13-4-9(15-7)11(18)14-5-10(16)17;10-5-1-2-6-7(3-5)11-4-8(12-6)9(13)14;/h3-4,15-16H,2,5-14H2,1H3,(H,24,28);4-5,14-15H,1-3,6-13H2,(H,23,26);3-4,7-8,15H,2,5-6H2,1H3,(H,16,19);1-2,5-6H,3-4,13H2,(H,14,17);1-4H,5H2,(H,14,18)(H,16,17);1-4H,(H,13,14);1H/p-1/i23-2;22-2;14-2;2*12-2;10-2;1-2. The van der Waals surface area contributed by atoms with E-state index in [4.69, 9.17) is 44.4 Å². The van der Waals surface area contributed by atoms with Gasteiger partial charge in [-0.1, -0.05) is 13.8 Å². The van der Waals surface area contributed by atoms with Gasteiger partial charge in [0.2, 0.25) is 0 Å². The van der Waals surface area contributed by atoms with E-state index < -0.39 is 37.7 Å². The molecule has 6 heterocycles. The van der Waals surface area contributed by atoms with Gasteiger partial charge >= 0.3 is 11.9 Å². The number of aromatic carboxylic acids is 1. The van der Waals surface area contributed by atoms with Crippen LogP contribution in [-0.4, -0.2) is 281 Å². The van der Waals surface area contributed by atoms with E-state index in [0.717, 1.165) is 94.4 Å². The number of ether oxygens (including phenoxy) is 6. The van der Waals surface area contributed by atoms with Gasteiger partial charge in [-0.25, -0.2) is 43.5 Å². The lowest BCUT2D eigenvalue weighted by atomic mass is 10.2. The first kappa shape index (κ1) is 110. The van der Waals surface area contributed by atoms with Crippen molar-refractivity contribution < 1.29 is 105 Å². The molecule has 10 N–H and O–H groups in total. The number of aliphatic carboxylic acids is 1. The van der Waals surface area contributed by atoms with E-state index in [0.29, 0.717) is 167 Å². The molecule has 0 aliphatic rings. The second-order valence-electron chi connectivity index (χ2n) is 26.4. The van der Waals surface area contributed by atoms with Gasteiger partial charge in [0.25, 0.3) is 29.5 Å². The number of nitrogens with one attached hydrogen (secondary N) is 6. The Morgan fingerprint density at radius 1 is 0.349 bits per heavy atom. The highest BCUT2D eigenvalue weighted by atomic mass is 125. The monoisotopic (exact) mass is 2550 g/mol. The maximum absolute atomic E-state index is 12.4. The minimum atomic E-state index is -1.10. The highest BCUT2D eigenvalue weighted by molar-refractivity contribution is 14.1. The Morgan fingerprint density at radius 3 is 0.961 bits per heavy atom. The van der Waals surface area contributed by atoms with Crippen molar-refractivity contribution in [2.24, 2.45) is 5.73 Å². The molecule has 129 heavy (non-hydrogen) atoms. The molecule has 0 saturated heterocycles. The van der Waals surface area contributed by atoms with Gasteiger partial charge in [0.15, 0.2) is 5.69 Å². The average Bonchev–Trinajstić information content (AvgIpc) is 0.854. The summed E-state index contributed by atoms with van der Waals surface area (Å²) in [5.74, 6) is -3.58. The van der Waals surface area contributed by atoms with Crippen LogP contribution in [0.25, 0.3) is 66.2 Å². The number of hydrogen-bond donors (Lipinski definition) is 9. The van der Waals surface area contributed by atoms with Gasteiger partial charge in [0.1, 0.15) is 48.4 Å². The van der Waals surface area contributed by atoms with Gasteiger partial charge in [0.05, 0.1) is 176 Å². The molecule has 0 aliphatic heterocycles. The number of carbonyl (C=O) groups is 7. The lowest BCUT2D eigenvalue weighted by Crippen LogP contribution is -3.00. The van der Waals surface area contributed by atoms with Crippen LogP contribution in [0.3, 0.4) is 0 Å². The van der Waals surface area contributed by atoms with Crippen molar-refractivity contribution in [1.29, 1.82) is 0 Å². The predicted molar refractivity (Wildman–Crippen MR) is 530 cm³/mol. The summed E-state index contributed by atoms with van der Waals surface area (Å²) in [5, 5.41) is 33.8. The number of amides is 5. The zero-order valence-electron chi connectivity index (χ0n) is 70.1. The Labute approximate surface area is 841 Å². The van der Waals surface area contributed by atoms with Gasteiger partial charge in [-0.05, 0) is 277 Å². The highest BCUT2D eigenvalue weighted by Gasteiger charge is 2.16. The smallest absolute Gasteiger partial charge is 0.356 e. The van der Waals surface area contributed by atoms with Crippen molar-refractivity contribution in [3.63, 3.8) is 0 Å². The van der Waals surface area contributed by atoms with Gasteiger partial charge in [-0.3, -0.25) is 63.6 Å². The molecule has 12 rings (SSSR count). The summed E-state index contributed by atoms with van der Waals surface area (Å²) in [5.41, 5.74) is 15.3. The van der Waals surface area contributed by atoms with Crippen LogP contribution < -0.4 is 61.6 Å². The Morgan fingerprint density at radius 2 is 0.643 bits per heavy atom. The van der Waals surface area contributed by atoms with Crippen molar-refractivity contribution in [3.8, 4) is 0 Å². The summed E-state index contributed by atoms with van der Waals surface area (Å²) in [7, 11) is 0. The van der Waals surface area contributed by atoms with E-state index in [-0.39, 0.29) is 72.2 Å². The fraction of sp³-hybridized carbons (Fsp3) is 0.353. The third-order valence-corrected chi connectivity index (χ3v) is 21.0. The molecule has 690 valence electrons. The maximum Gasteiger partial charge on any atom is 0.356 e. The Kier molecular flexibility index (Phi) is 54.1. The number of nitrogens with two attached hydrogens (primary N) is 1. The van der Waals surface area contributed by atoms with Crippen molar-refractivity contribution in [2.75, 3.05) is 165 Å². The number of fused-ring (bicyclic) bond motifs is 6. The molecule has 44 heteroatoms. The van der Waals surface area contributed by atoms with Crippen molar-refractivity contribution in [3.05, 3.63) is 202 Å². The van der Waals surface area contributed by atoms with Gasteiger partial charge in [-0.2, -0.15) is 0 Å². The zero-order valence-corrected chi connectivity index (χ0v) is 85.3. The number of nitrogens with zero attached hydrogens (tertiary/aromatic N) is 13. The van der Waals surface area contributed by atoms with Crippen LogP contribution in [0.1, 0.15) is 96.0 Å². The van der Waals surface area contributed by atoms with Crippen LogP contribution >= 0.6 is 136 Å². The van der Waals surface area contributed by atoms with Crippen LogP contribution in [-0.2, 0) is 33.2 Å². The van der Waals surface area contributed by atoms with Gasteiger partial charge in [0, 0.05) is 80.4 Å². The van der Waals surface area contributed by atoms with Crippen molar-refractivity contribution in [1.82, 2.24) is 96.6 Å². The second-order valence-corrected chi connectivity index (χ2v) is 33.9. The molecule has 0 spiro atoms. The van der Waals surface area contributed by atoms with E-state index in [1.807, 2.05) is 104 Å². The number of carboxylic acid groups (broad SMARTS) is 2. The molecule has 0 aliphatic carbocycles. The topological polar surface area (TPSA) is 471 Å². The Balaban J connectivity index is 0.000000243. The molecule has 35 nitrogen and oxygen atoms in total. The van der Waals surface area contributed by atoms with Crippen LogP contribution in [0.4, 0.5) is 8.78 Å². The summed E-state index contributed by atoms with van der Waals surface area (Å²) >= 11 is 13.2. The van der Waals surface area contributed by atoms with Crippen molar-refractivity contribution in [2.45, 2.75) is 33.1 Å². The van der Waals surface area contributed by atoms with Crippen LogP contribution in [0.5, 0.6) is 0 Å². The first-order valence-corrected chi connectivity index (χ1v) is 46.6. The van der Waals surface area contributed by atoms with Crippen molar-refractivity contribution >= 4 is 243 Å². The summed E-state index contributed by atoms with van der Waals surface area (Å²) in [6, 6.07) is 33.9. The molecule has 0 unspecified atom stereocenters. The number of carboxylic acids is 2. The summed E-state index contributed by atoms with van der Waals surface area (Å²) < 4.78 is 61.7. The van der Waals surface area contributed by atoms with Crippen LogP contribution in [0, 0.1) is 21.4 Å². The Hall–Kier alpha value is -7.74. The van der Waals surface area contributed by atoms with E-state index in [1.54, 1.807) is 12.1 Å². The molecular formula is C85H96F2I7N20O15-. The first-order valence-electron chi connectivity index (χ1n) is 40.1. The third kappa shape index (κ3) is 42.4. The van der Waals surface area contributed by atoms with E-state index >= 15 is 0 Å². The first-order chi connectivity index (χ1) is 62.0. The predicted octanol–water partition coefficient (Wildman–Crippen LogP) is 7.94. The minimum Gasteiger partial charge on any atom is -1.00 e. The number of aromatic nitrogens is 12. The van der Waals surface area contributed by atoms with E-state index in [2.05, 4.69) is 239 Å². The number of hydrogen-bond acceptors (Lipinski definition) is 28. The quantitative estimate of drug-likeness (QED) is 0.0129. The maximum atomic E-state index is 12.4. The second kappa shape index (κ2) is 63.4. The number of unbranched alkanes of at least 4 members (excludes halogenated alkanes) is 2. The normalized spacial score (nSPS) is 10.7. The molecule has 12 aromatic rings. The molecule has 6 aromatic carbocycles. The molecule has 0 atom stereocenters. The fourth-order valence-corrected chi connectivity index (χ4v) is 13.5. The number of carbonyl (C=O) groups excluding carboxylic acids is 5. The summed E-state index contributed by atoms with van der Waals surface area (Å²) in [6.07, 6.45) is 11.4. The fourth-order valence-electron chi connectivity index (χ4n) is 10.6. The molecule has 5 amide bonds. The summed E-state index contributed by atoms with van der Waals surface area (Å²) in [6.45, 7) is 14.4. The van der Waals surface area contributed by atoms with Crippen LogP contribution in [0.15, 0.2) is 146 Å². The number of alkyl halides is 2. The van der Waals surface area contributed by atoms with Gasteiger partial charge < -0.3 is 100 Å². The molecule has 0 fully saturated rings. The third-order valence-electron chi connectivity index (χ3n) is 17.0. The highest BCUT2D eigenvalue weighted by Crippen LogP contribution is 2.20. The number of benzene rings is 6. The number of likely N-dealkylation sites (N-methyl/N-ethyl adjacent to an activating group) is 2. The SMILES string of the molecule is CCN(CCNC(=O)c1cnc2cc([125I])ccc2n1)CCOCCOCCOCCF.CCNCCNC(=O)c1cnc2cc([125I])ccc2n1.NCCNC(=O)c1cnc2cc([125I])ccc2n1.O=C(NCCCCCOCCOCCOCCF)c1cnc2cc([125I])ccc2n1.O=C(O)CNC(=O)c1cnc2cc([125I])ccc2n1.O=C(O)c1cnc2cc([125I])ccc2n1.[125I-]. The lowest BCUT2D eigenvalue weighted by molar-refractivity contribution is -0.135. The molecule has 6 aromatic heterocycles. The summed E-state index contributed by atoms with van der Waals surface area (Å²) in [4.78, 5) is 133. The lowest BCUT2D eigenvalue weighted by Gasteiger charge is -2.20. The van der Waals surface area contributed by atoms with Gasteiger partial charge in [-0.15, -0.1) is 0 Å². The molecule has 0 radical (unpaired) electrons. The number of halogens is 9. The average molecular weight is 2550 g/mol.